The summed E-state index contributed by atoms with van der Waals surface area (Å²) >= 11 is 1.51. The van der Waals surface area contributed by atoms with Gasteiger partial charge in [0.05, 0.1) is 17.4 Å². The van der Waals surface area contributed by atoms with Gasteiger partial charge in [-0.05, 0) is 20.3 Å². The third-order valence-corrected chi connectivity index (χ3v) is 4.49. The average molecular weight is 298 g/mol. The van der Waals surface area contributed by atoms with Gasteiger partial charge >= 0.3 is 5.97 Å². The van der Waals surface area contributed by atoms with Crippen molar-refractivity contribution in [3.8, 4) is 0 Å². The Hall–Kier alpha value is -1.50. The largest absolute Gasteiger partial charge is 0.481 e. The molecule has 1 fully saturated rings. The first-order valence-electron chi connectivity index (χ1n) is 6.49. The van der Waals surface area contributed by atoms with Crippen LogP contribution < -0.4 is 0 Å². The molecular weight excluding hydrogens is 280 g/mol. The van der Waals surface area contributed by atoms with Gasteiger partial charge in [0.2, 0.25) is 5.91 Å². The lowest BCUT2D eigenvalue weighted by molar-refractivity contribution is -0.141. The van der Waals surface area contributed by atoms with Crippen molar-refractivity contribution in [2.45, 2.75) is 26.0 Å². The van der Waals surface area contributed by atoms with Gasteiger partial charge in [-0.2, -0.15) is 0 Å². The molecule has 7 heteroatoms. The van der Waals surface area contributed by atoms with Gasteiger partial charge in [0.25, 0.3) is 0 Å². The highest BCUT2D eigenvalue weighted by Gasteiger charge is 2.30. The zero-order chi connectivity index (χ0) is 14.7. The highest BCUT2D eigenvalue weighted by atomic mass is 32.2. The number of likely N-dealkylation sites (tertiary alicyclic amines) is 1. The fourth-order valence-electron chi connectivity index (χ4n) is 2.23. The molecule has 0 radical (unpaired) electrons. The van der Waals surface area contributed by atoms with Crippen molar-refractivity contribution in [1.82, 2.24) is 10.1 Å². The molecule has 0 aliphatic carbocycles. The molecule has 0 saturated carbocycles. The first-order chi connectivity index (χ1) is 9.49. The molecule has 0 aromatic carbocycles. The van der Waals surface area contributed by atoms with E-state index < -0.39 is 11.9 Å². The Morgan fingerprint density at radius 3 is 2.80 bits per heavy atom. The van der Waals surface area contributed by atoms with Crippen molar-refractivity contribution in [3.05, 3.63) is 17.0 Å². The molecule has 1 N–H and O–H groups in total. The van der Waals surface area contributed by atoms with E-state index in [0.717, 1.165) is 17.0 Å². The van der Waals surface area contributed by atoms with Crippen molar-refractivity contribution in [1.29, 1.82) is 0 Å². The summed E-state index contributed by atoms with van der Waals surface area (Å²) in [6.07, 6.45) is 0.551. The number of aromatic nitrogens is 1. The van der Waals surface area contributed by atoms with E-state index in [-0.39, 0.29) is 5.91 Å². The topological polar surface area (TPSA) is 83.6 Å². The number of thioether (sulfide) groups is 1. The van der Waals surface area contributed by atoms with Crippen LogP contribution in [-0.4, -0.2) is 45.9 Å². The minimum Gasteiger partial charge on any atom is -0.481 e. The quantitative estimate of drug-likeness (QED) is 0.886. The number of carboxylic acids is 1. The van der Waals surface area contributed by atoms with Crippen LogP contribution in [0.5, 0.6) is 0 Å². The molecule has 2 rings (SSSR count). The van der Waals surface area contributed by atoms with Crippen LogP contribution in [0.15, 0.2) is 4.52 Å². The maximum Gasteiger partial charge on any atom is 0.308 e. The predicted octanol–water partition coefficient (Wildman–Crippen LogP) is 1.46. The van der Waals surface area contributed by atoms with Crippen molar-refractivity contribution in [2.24, 2.45) is 5.92 Å². The zero-order valence-electron chi connectivity index (χ0n) is 11.6. The third-order valence-electron chi connectivity index (χ3n) is 3.54. The van der Waals surface area contributed by atoms with Gasteiger partial charge in [0.1, 0.15) is 5.76 Å². The van der Waals surface area contributed by atoms with E-state index in [9.17, 15) is 9.59 Å². The van der Waals surface area contributed by atoms with Gasteiger partial charge in [-0.3, -0.25) is 9.59 Å². The number of carbonyl (C=O) groups is 2. The Balaban J connectivity index is 1.78. The normalized spacial score (nSPS) is 18.5. The van der Waals surface area contributed by atoms with Crippen LogP contribution in [0, 0.1) is 19.8 Å². The summed E-state index contributed by atoms with van der Waals surface area (Å²) in [4.78, 5) is 24.5. The smallest absolute Gasteiger partial charge is 0.308 e. The lowest BCUT2D eigenvalue weighted by Crippen LogP contribution is -2.31. The zero-order valence-corrected chi connectivity index (χ0v) is 12.4. The van der Waals surface area contributed by atoms with Crippen LogP contribution in [0.2, 0.25) is 0 Å². The molecule has 1 unspecified atom stereocenters. The molecule has 0 bridgehead atoms. The van der Waals surface area contributed by atoms with Crippen LogP contribution >= 0.6 is 11.8 Å². The van der Waals surface area contributed by atoms with Gasteiger partial charge in [-0.15, -0.1) is 11.8 Å². The minimum atomic E-state index is -0.816. The Labute approximate surface area is 121 Å². The standard InChI is InChI=1S/C13H18N2O4S/c1-8-11(9(2)19-14-8)6-20-7-12(16)15-4-3-10(5-15)13(17)18/h10H,3-7H2,1-2H3,(H,17,18). The number of hydrogen-bond donors (Lipinski definition) is 1. The van der Waals surface area contributed by atoms with E-state index in [4.69, 9.17) is 9.63 Å². The second-order valence-corrected chi connectivity index (χ2v) is 5.94. The first-order valence-corrected chi connectivity index (χ1v) is 7.64. The second-order valence-electron chi connectivity index (χ2n) is 4.96. The van der Waals surface area contributed by atoms with Gasteiger partial charge in [0, 0.05) is 24.4 Å². The first kappa shape index (κ1) is 14.9. The summed E-state index contributed by atoms with van der Waals surface area (Å²) in [5, 5.41) is 12.8. The van der Waals surface area contributed by atoms with E-state index in [1.807, 2.05) is 13.8 Å². The number of carbonyl (C=O) groups excluding carboxylic acids is 1. The number of carboxylic acid groups (broad SMARTS) is 1. The van der Waals surface area contributed by atoms with Crippen molar-refractivity contribution < 1.29 is 19.2 Å². The molecule has 2 heterocycles. The molecule has 1 saturated heterocycles. The molecule has 1 aromatic rings. The van der Waals surface area contributed by atoms with Crippen LogP contribution in [0.25, 0.3) is 0 Å². The maximum atomic E-state index is 12.0. The average Bonchev–Trinajstić information content (AvgIpc) is 3.00. The number of aliphatic carboxylic acids is 1. The van der Waals surface area contributed by atoms with Gasteiger partial charge in [0.15, 0.2) is 0 Å². The molecule has 0 spiro atoms. The van der Waals surface area contributed by atoms with E-state index in [1.165, 1.54) is 11.8 Å². The van der Waals surface area contributed by atoms with Crippen LogP contribution in [0.4, 0.5) is 0 Å². The van der Waals surface area contributed by atoms with Crippen LogP contribution in [0.1, 0.15) is 23.4 Å². The van der Waals surface area contributed by atoms with Gasteiger partial charge < -0.3 is 14.5 Å². The van der Waals surface area contributed by atoms with Crippen LogP contribution in [0.3, 0.4) is 0 Å². The molecule has 110 valence electrons. The van der Waals surface area contributed by atoms with Gasteiger partial charge in [-0.1, -0.05) is 5.16 Å². The fraction of sp³-hybridized carbons (Fsp3) is 0.615. The van der Waals surface area contributed by atoms with Crippen LogP contribution in [-0.2, 0) is 15.3 Å². The summed E-state index contributed by atoms with van der Waals surface area (Å²) in [5.41, 5.74) is 1.89. The molecule has 1 aliphatic rings. The SMILES string of the molecule is Cc1noc(C)c1CSCC(=O)N1CCC(C(=O)O)C1. The number of hydrogen-bond acceptors (Lipinski definition) is 5. The summed E-state index contributed by atoms with van der Waals surface area (Å²) in [5.74, 6) is 0.606. The predicted molar refractivity (Wildman–Crippen MR) is 74.5 cm³/mol. The van der Waals surface area contributed by atoms with Gasteiger partial charge in [-0.25, -0.2) is 0 Å². The molecular formula is C13H18N2O4S. The van der Waals surface area contributed by atoms with E-state index in [0.29, 0.717) is 31.0 Å². The van der Waals surface area contributed by atoms with Crippen molar-refractivity contribution in [2.75, 3.05) is 18.8 Å². The Bertz CT molecular complexity index is 495. The fourth-order valence-corrected chi connectivity index (χ4v) is 3.30. The Kier molecular flexibility index (Phi) is 4.69. The molecule has 1 atom stereocenters. The monoisotopic (exact) mass is 298 g/mol. The number of rotatable bonds is 5. The second kappa shape index (κ2) is 6.30. The van der Waals surface area contributed by atoms with E-state index in [2.05, 4.69) is 5.16 Å². The van der Waals surface area contributed by atoms with Crippen molar-refractivity contribution >= 4 is 23.6 Å². The lowest BCUT2D eigenvalue weighted by atomic mass is 10.1. The Morgan fingerprint density at radius 1 is 1.50 bits per heavy atom. The molecule has 1 amide bonds. The molecule has 1 aromatic heterocycles. The number of aryl methyl sites for hydroxylation is 2. The molecule has 1 aliphatic heterocycles. The summed E-state index contributed by atoms with van der Waals surface area (Å²) in [6, 6.07) is 0. The minimum absolute atomic E-state index is 0.00510. The number of nitrogens with zero attached hydrogens (tertiary/aromatic N) is 2. The molecule has 20 heavy (non-hydrogen) atoms. The summed E-state index contributed by atoms with van der Waals surface area (Å²) in [6.45, 7) is 4.61. The molecule has 6 nitrogen and oxygen atoms in total. The van der Waals surface area contributed by atoms with E-state index in [1.54, 1.807) is 4.90 Å². The maximum absolute atomic E-state index is 12.0. The Morgan fingerprint density at radius 2 is 2.25 bits per heavy atom. The highest BCUT2D eigenvalue weighted by molar-refractivity contribution is 7.99. The van der Waals surface area contributed by atoms with Crippen molar-refractivity contribution in [3.63, 3.8) is 0 Å². The lowest BCUT2D eigenvalue weighted by Gasteiger charge is -2.15. The summed E-state index contributed by atoms with van der Waals surface area (Å²) < 4.78 is 5.07. The number of amides is 1. The summed E-state index contributed by atoms with van der Waals surface area (Å²) in [7, 11) is 0. The van der Waals surface area contributed by atoms with E-state index >= 15 is 0 Å². The third kappa shape index (κ3) is 3.33. The highest BCUT2D eigenvalue weighted by Crippen LogP contribution is 2.21.